The minimum absolute atomic E-state index is 0.262. The van der Waals surface area contributed by atoms with E-state index in [9.17, 15) is 8.42 Å². The van der Waals surface area contributed by atoms with Crippen LogP contribution in [0.4, 0.5) is 0 Å². The van der Waals surface area contributed by atoms with Crippen LogP contribution in [0.2, 0.25) is 0 Å². The zero-order chi connectivity index (χ0) is 13.9. The second kappa shape index (κ2) is 5.86. The second-order valence-electron chi connectivity index (χ2n) is 4.21. The molecular formula is C14H14BrNO2S. The van der Waals surface area contributed by atoms with Crippen LogP contribution < -0.4 is 4.72 Å². The SMILES string of the molecule is C[C@H](NS(=O)(=O)c1ccc(Br)cc1)c1ccccc1. The van der Waals surface area contributed by atoms with Crippen molar-refractivity contribution in [2.24, 2.45) is 0 Å². The Kier molecular flexibility index (Phi) is 4.39. The number of hydrogen-bond donors (Lipinski definition) is 1. The molecule has 1 atom stereocenters. The first-order valence-corrected chi connectivity index (χ1v) is 8.09. The Balaban J connectivity index is 2.20. The molecule has 2 rings (SSSR count). The Bertz CT molecular complexity index is 639. The van der Waals surface area contributed by atoms with E-state index >= 15 is 0 Å². The van der Waals surface area contributed by atoms with Gasteiger partial charge >= 0.3 is 0 Å². The van der Waals surface area contributed by atoms with E-state index in [0.29, 0.717) is 0 Å². The molecule has 0 aliphatic rings. The molecule has 0 unspecified atom stereocenters. The van der Waals surface area contributed by atoms with Crippen molar-refractivity contribution >= 4 is 26.0 Å². The Morgan fingerprint density at radius 1 is 1.00 bits per heavy atom. The second-order valence-corrected chi connectivity index (χ2v) is 6.84. The van der Waals surface area contributed by atoms with E-state index in [1.54, 1.807) is 24.3 Å². The summed E-state index contributed by atoms with van der Waals surface area (Å²) in [5, 5.41) is 0. The highest BCUT2D eigenvalue weighted by atomic mass is 79.9. The Morgan fingerprint density at radius 2 is 1.58 bits per heavy atom. The van der Waals surface area contributed by atoms with Gasteiger partial charge in [0.1, 0.15) is 0 Å². The van der Waals surface area contributed by atoms with Crippen LogP contribution in [-0.2, 0) is 10.0 Å². The number of hydrogen-bond acceptors (Lipinski definition) is 2. The van der Waals surface area contributed by atoms with Crippen LogP contribution in [0.5, 0.6) is 0 Å². The van der Waals surface area contributed by atoms with Gasteiger partial charge in [-0.1, -0.05) is 46.3 Å². The quantitative estimate of drug-likeness (QED) is 0.926. The fourth-order valence-electron chi connectivity index (χ4n) is 1.72. The lowest BCUT2D eigenvalue weighted by Crippen LogP contribution is -2.26. The van der Waals surface area contributed by atoms with E-state index in [4.69, 9.17) is 0 Å². The highest BCUT2D eigenvalue weighted by molar-refractivity contribution is 9.10. The molecule has 2 aromatic carbocycles. The normalized spacial score (nSPS) is 13.2. The summed E-state index contributed by atoms with van der Waals surface area (Å²) >= 11 is 3.28. The third kappa shape index (κ3) is 3.65. The first-order chi connectivity index (χ1) is 8.99. The Morgan fingerprint density at radius 3 is 2.16 bits per heavy atom. The van der Waals surface area contributed by atoms with Gasteiger partial charge in [0, 0.05) is 10.5 Å². The van der Waals surface area contributed by atoms with Gasteiger partial charge < -0.3 is 0 Å². The third-order valence-electron chi connectivity index (χ3n) is 2.76. The maximum absolute atomic E-state index is 12.2. The summed E-state index contributed by atoms with van der Waals surface area (Å²) in [5.74, 6) is 0. The van der Waals surface area contributed by atoms with Gasteiger partial charge in [-0.25, -0.2) is 13.1 Å². The third-order valence-corrected chi connectivity index (χ3v) is 4.84. The van der Waals surface area contributed by atoms with Crippen molar-refractivity contribution in [3.8, 4) is 0 Å². The molecule has 0 fully saturated rings. The largest absolute Gasteiger partial charge is 0.241 e. The standard InChI is InChI=1S/C14H14BrNO2S/c1-11(12-5-3-2-4-6-12)16-19(17,18)14-9-7-13(15)8-10-14/h2-11,16H,1H3/t11-/m0/s1. The van der Waals surface area contributed by atoms with E-state index in [2.05, 4.69) is 20.7 Å². The van der Waals surface area contributed by atoms with Crippen LogP contribution in [0.1, 0.15) is 18.5 Å². The maximum atomic E-state index is 12.2. The molecule has 2 aromatic rings. The van der Waals surface area contributed by atoms with E-state index in [1.807, 2.05) is 37.3 Å². The Hall–Kier alpha value is -1.17. The zero-order valence-corrected chi connectivity index (χ0v) is 12.8. The molecule has 0 saturated heterocycles. The number of halogens is 1. The highest BCUT2D eigenvalue weighted by Crippen LogP contribution is 2.18. The van der Waals surface area contributed by atoms with Gasteiger partial charge in [0.15, 0.2) is 0 Å². The summed E-state index contributed by atoms with van der Waals surface area (Å²) in [6, 6.07) is 15.8. The molecule has 0 amide bonds. The van der Waals surface area contributed by atoms with Crippen molar-refractivity contribution in [2.45, 2.75) is 17.9 Å². The monoisotopic (exact) mass is 339 g/mol. The fourth-order valence-corrected chi connectivity index (χ4v) is 3.22. The van der Waals surface area contributed by atoms with Crippen molar-refractivity contribution in [2.75, 3.05) is 0 Å². The average molecular weight is 340 g/mol. The molecule has 5 heteroatoms. The van der Waals surface area contributed by atoms with Crippen molar-refractivity contribution in [3.63, 3.8) is 0 Å². The van der Waals surface area contributed by atoms with E-state index in [1.165, 1.54) is 0 Å². The van der Waals surface area contributed by atoms with E-state index in [0.717, 1.165) is 10.0 Å². The molecule has 19 heavy (non-hydrogen) atoms. The Labute approximate surface area is 121 Å². The van der Waals surface area contributed by atoms with Gasteiger partial charge in [0.2, 0.25) is 10.0 Å². The molecule has 0 radical (unpaired) electrons. The molecule has 100 valence electrons. The van der Waals surface area contributed by atoms with Gasteiger partial charge in [-0.15, -0.1) is 0 Å². The number of benzene rings is 2. The lowest BCUT2D eigenvalue weighted by atomic mass is 10.1. The lowest BCUT2D eigenvalue weighted by molar-refractivity contribution is 0.567. The summed E-state index contributed by atoms with van der Waals surface area (Å²) in [4.78, 5) is 0.262. The molecule has 0 bridgehead atoms. The van der Waals surface area contributed by atoms with Crippen molar-refractivity contribution in [3.05, 3.63) is 64.6 Å². The van der Waals surface area contributed by atoms with Gasteiger partial charge in [-0.05, 0) is 36.8 Å². The molecule has 0 aromatic heterocycles. The van der Waals surface area contributed by atoms with Crippen LogP contribution in [0.3, 0.4) is 0 Å². The fraction of sp³-hybridized carbons (Fsp3) is 0.143. The maximum Gasteiger partial charge on any atom is 0.241 e. The minimum Gasteiger partial charge on any atom is -0.207 e. The highest BCUT2D eigenvalue weighted by Gasteiger charge is 2.17. The molecule has 0 aliphatic heterocycles. The van der Waals surface area contributed by atoms with Gasteiger partial charge in [0.25, 0.3) is 0 Å². The molecule has 1 N–H and O–H groups in total. The van der Waals surface area contributed by atoms with Gasteiger partial charge in [-0.2, -0.15) is 0 Å². The first-order valence-electron chi connectivity index (χ1n) is 5.82. The smallest absolute Gasteiger partial charge is 0.207 e. The first kappa shape index (κ1) is 14.2. The molecule has 0 saturated carbocycles. The average Bonchev–Trinajstić information content (AvgIpc) is 2.40. The van der Waals surface area contributed by atoms with Gasteiger partial charge in [0.05, 0.1) is 4.90 Å². The predicted molar refractivity (Wildman–Crippen MR) is 79.3 cm³/mol. The van der Waals surface area contributed by atoms with E-state index < -0.39 is 10.0 Å². The van der Waals surface area contributed by atoms with Crippen LogP contribution in [0.15, 0.2) is 64.0 Å². The molecule has 0 spiro atoms. The summed E-state index contributed by atoms with van der Waals surface area (Å²) in [7, 11) is -3.50. The minimum atomic E-state index is -3.50. The molecular weight excluding hydrogens is 326 g/mol. The lowest BCUT2D eigenvalue weighted by Gasteiger charge is -2.14. The number of nitrogens with one attached hydrogen (secondary N) is 1. The number of sulfonamides is 1. The molecule has 0 heterocycles. The zero-order valence-electron chi connectivity index (χ0n) is 10.4. The van der Waals surface area contributed by atoms with Crippen molar-refractivity contribution in [1.82, 2.24) is 4.72 Å². The summed E-state index contributed by atoms with van der Waals surface area (Å²) < 4.78 is 27.9. The van der Waals surface area contributed by atoms with Crippen LogP contribution >= 0.6 is 15.9 Å². The van der Waals surface area contributed by atoms with Crippen molar-refractivity contribution in [1.29, 1.82) is 0 Å². The summed E-state index contributed by atoms with van der Waals surface area (Å²) in [6.07, 6.45) is 0. The summed E-state index contributed by atoms with van der Waals surface area (Å²) in [5.41, 5.74) is 0.934. The topological polar surface area (TPSA) is 46.2 Å². The van der Waals surface area contributed by atoms with Crippen LogP contribution in [-0.4, -0.2) is 8.42 Å². The summed E-state index contributed by atoms with van der Waals surface area (Å²) in [6.45, 7) is 1.83. The van der Waals surface area contributed by atoms with Crippen LogP contribution in [0, 0.1) is 0 Å². The predicted octanol–water partition coefficient (Wildman–Crippen LogP) is 3.49. The van der Waals surface area contributed by atoms with E-state index in [-0.39, 0.29) is 10.9 Å². The molecule has 0 aliphatic carbocycles. The van der Waals surface area contributed by atoms with Crippen molar-refractivity contribution < 1.29 is 8.42 Å². The van der Waals surface area contributed by atoms with Gasteiger partial charge in [-0.3, -0.25) is 0 Å². The molecule has 3 nitrogen and oxygen atoms in total. The number of rotatable bonds is 4. The van der Waals surface area contributed by atoms with Crippen LogP contribution in [0.25, 0.3) is 0 Å².